The second-order valence-corrected chi connectivity index (χ2v) is 4.81. The molecule has 23 heavy (non-hydrogen) atoms. The minimum absolute atomic E-state index is 0.0872. The summed E-state index contributed by atoms with van der Waals surface area (Å²) in [5.74, 6) is -0.713. The molecule has 120 valence electrons. The third kappa shape index (κ3) is 4.00. The predicted octanol–water partition coefficient (Wildman–Crippen LogP) is 3.45. The van der Waals surface area contributed by atoms with E-state index in [4.69, 9.17) is 14.6 Å². The number of benzene rings is 2. The fraction of sp³-hybridized carbons (Fsp3) is 0.176. The molecule has 0 spiro atoms. The molecule has 0 unspecified atom stereocenters. The summed E-state index contributed by atoms with van der Waals surface area (Å²) in [4.78, 5) is 23.1. The maximum absolute atomic E-state index is 12.0. The summed E-state index contributed by atoms with van der Waals surface area (Å²) < 4.78 is 10.3. The monoisotopic (exact) mass is 315 g/mol. The first-order chi connectivity index (χ1) is 11.0. The van der Waals surface area contributed by atoms with E-state index in [0.717, 1.165) is 5.56 Å². The lowest BCUT2D eigenvalue weighted by Crippen LogP contribution is -2.16. The van der Waals surface area contributed by atoms with E-state index in [0.29, 0.717) is 11.3 Å². The van der Waals surface area contributed by atoms with Gasteiger partial charge in [-0.25, -0.2) is 9.59 Å². The Morgan fingerprint density at radius 1 is 1.13 bits per heavy atom. The molecule has 0 aliphatic carbocycles. The lowest BCUT2D eigenvalue weighted by Gasteiger charge is -2.15. The van der Waals surface area contributed by atoms with Gasteiger partial charge in [0, 0.05) is 0 Å². The number of carboxylic acid groups (broad SMARTS) is 1. The normalized spacial score (nSPS) is 10.0. The molecule has 0 aliphatic rings. The summed E-state index contributed by atoms with van der Waals surface area (Å²) in [5.41, 5.74) is 1.62. The summed E-state index contributed by atoms with van der Waals surface area (Å²) in [5, 5.41) is 11.7. The molecule has 0 fully saturated rings. The van der Waals surface area contributed by atoms with Gasteiger partial charge in [-0.05, 0) is 30.2 Å². The quantitative estimate of drug-likeness (QED) is 0.882. The number of nitrogens with one attached hydrogen (secondary N) is 1. The van der Waals surface area contributed by atoms with Gasteiger partial charge < -0.3 is 14.6 Å². The molecule has 1 amide bonds. The fourth-order valence-corrected chi connectivity index (χ4v) is 2.11. The van der Waals surface area contributed by atoms with Crippen molar-refractivity contribution in [3.8, 4) is 5.75 Å². The van der Waals surface area contributed by atoms with E-state index in [-0.39, 0.29) is 17.9 Å². The largest absolute Gasteiger partial charge is 0.495 e. The second kappa shape index (κ2) is 7.31. The van der Waals surface area contributed by atoms with Crippen LogP contribution in [0.25, 0.3) is 0 Å². The predicted molar refractivity (Wildman–Crippen MR) is 84.9 cm³/mol. The summed E-state index contributed by atoms with van der Waals surface area (Å²) in [6.45, 7) is 1.71. The second-order valence-electron chi connectivity index (χ2n) is 4.81. The highest BCUT2D eigenvalue weighted by molar-refractivity contribution is 5.95. The number of hydrogen-bond donors (Lipinski definition) is 2. The van der Waals surface area contributed by atoms with Crippen molar-refractivity contribution < 1.29 is 24.2 Å². The minimum Gasteiger partial charge on any atom is -0.495 e. The first kappa shape index (κ1) is 16.4. The molecular formula is C17H17NO5. The topological polar surface area (TPSA) is 84.9 Å². The number of carbonyl (C=O) groups excluding carboxylic acids is 1. The number of amides is 1. The van der Waals surface area contributed by atoms with Crippen LogP contribution in [0.2, 0.25) is 0 Å². The molecule has 2 aromatic rings. The fourth-order valence-electron chi connectivity index (χ4n) is 2.11. The summed E-state index contributed by atoms with van der Waals surface area (Å²) >= 11 is 0. The van der Waals surface area contributed by atoms with E-state index in [2.05, 4.69) is 5.32 Å². The van der Waals surface area contributed by atoms with E-state index in [1.165, 1.54) is 19.2 Å². The molecule has 0 atom stereocenters. The van der Waals surface area contributed by atoms with Crippen LogP contribution < -0.4 is 10.1 Å². The van der Waals surface area contributed by atoms with Crippen LogP contribution in [0.15, 0.2) is 42.5 Å². The number of aromatic carboxylic acids is 1. The van der Waals surface area contributed by atoms with Crippen molar-refractivity contribution in [2.45, 2.75) is 13.5 Å². The van der Waals surface area contributed by atoms with E-state index < -0.39 is 12.1 Å². The number of ether oxygens (including phenoxy) is 2. The number of rotatable bonds is 5. The lowest BCUT2D eigenvalue weighted by molar-refractivity contribution is 0.0696. The molecular weight excluding hydrogens is 298 g/mol. The van der Waals surface area contributed by atoms with Gasteiger partial charge in [-0.2, -0.15) is 0 Å². The van der Waals surface area contributed by atoms with Crippen LogP contribution in [0.3, 0.4) is 0 Å². The van der Waals surface area contributed by atoms with E-state index in [1.54, 1.807) is 6.92 Å². The Hall–Kier alpha value is -3.02. The Balaban J connectivity index is 2.13. The van der Waals surface area contributed by atoms with E-state index in [9.17, 15) is 9.59 Å². The lowest BCUT2D eigenvalue weighted by atomic mass is 10.1. The molecule has 0 aromatic heterocycles. The third-order valence-corrected chi connectivity index (χ3v) is 3.32. The average Bonchev–Trinajstić information content (AvgIpc) is 2.55. The zero-order valence-electron chi connectivity index (χ0n) is 12.8. The van der Waals surface area contributed by atoms with Crippen molar-refractivity contribution in [2.24, 2.45) is 0 Å². The molecule has 0 saturated carbocycles. The van der Waals surface area contributed by atoms with Gasteiger partial charge in [0.15, 0.2) is 0 Å². The maximum Gasteiger partial charge on any atom is 0.412 e. The zero-order chi connectivity index (χ0) is 16.8. The van der Waals surface area contributed by atoms with Gasteiger partial charge in [0.2, 0.25) is 0 Å². The van der Waals surface area contributed by atoms with Crippen molar-refractivity contribution in [1.29, 1.82) is 0 Å². The molecule has 0 radical (unpaired) electrons. The number of hydrogen-bond acceptors (Lipinski definition) is 4. The van der Waals surface area contributed by atoms with Crippen molar-refractivity contribution in [2.75, 3.05) is 12.4 Å². The number of carboxylic acids is 1. The molecule has 6 nitrogen and oxygen atoms in total. The Morgan fingerprint density at radius 2 is 1.83 bits per heavy atom. The van der Waals surface area contributed by atoms with Crippen molar-refractivity contribution >= 4 is 17.7 Å². The first-order valence-corrected chi connectivity index (χ1v) is 6.91. The third-order valence-electron chi connectivity index (χ3n) is 3.32. The zero-order valence-corrected chi connectivity index (χ0v) is 12.8. The standard InChI is InChI=1S/C17H17NO5/c1-11-13(16(19)20)8-9-14(22-2)15(11)18-17(21)23-10-12-6-4-3-5-7-12/h3-9H,10H2,1-2H3,(H,18,21)(H,19,20). The van der Waals surface area contributed by atoms with Crippen molar-refractivity contribution in [3.63, 3.8) is 0 Å². The molecule has 0 aliphatic heterocycles. The van der Waals surface area contributed by atoms with Gasteiger partial charge in [-0.1, -0.05) is 30.3 Å². The highest BCUT2D eigenvalue weighted by Crippen LogP contribution is 2.30. The Labute approximate surface area is 133 Å². The SMILES string of the molecule is COc1ccc(C(=O)O)c(C)c1NC(=O)OCc1ccccc1. The number of carbonyl (C=O) groups is 2. The van der Waals surface area contributed by atoms with Crippen LogP contribution in [-0.4, -0.2) is 24.3 Å². The molecule has 0 bridgehead atoms. The van der Waals surface area contributed by atoms with Crippen molar-refractivity contribution in [1.82, 2.24) is 0 Å². The first-order valence-electron chi connectivity index (χ1n) is 6.91. The van der Waals surface area contributed by atoms with Crippen LogP contribution in [0.4, 0.5) is 10.5 Å². The molecule has 0 heterocycles. The minimum atomic E-state index is -1.08. The summed E-state index contributed by atoms with van der Waals surface area (Å²) in [6.07, 6.45) is -0.683. The van der Waals surface area contributed by atoms with Crippen LogP contribution >= 0.6 is 0 Å². The molecule has 2 aromatic carbocycles. The van der Waals surface area contributed by atoms with Crippen LogP contribution in [0, 0.1) is 6.92 Å². The highest BCUT2D eigenvalue weighted by atomic mass is 16.5. The summed E-state index contributed by atoms with van der Waals surface area (Å²) in [7, 11) is 1.44. The Kier molecular flexibility index (Phi) is 5.19. The average molecular weight is 315 g/mol. The van der Waals surface area contributed by atoms with Gasteiger partial charge in [0.25, 0.3) is 0 Å². The van der Waals surface area contributed by atoms with E-state index >= 15 is 0 Å². The van der Waals surface area contributed by atoms with Crippen LogP contribution in [0.5, 0.6) is 5.75 Å². The van der Waals surface area contributed by atoms with Crippen molar-refractivity contribution in [3.05, 3.63) is 59.2 Å². The Morgan fingerprint density at radius 3 is 2.43 bits per heavy atom. The molecule has 2 rings (SSSR count). The van der Waals surface area contributed by atoms with Gasteiger partial charge >= 0.3 is 12.1 Å². The highest BCUT2D eigenvalue weighted by Gasteiger charge is 2.17. The van der Waals surface area contributed by atoms with Crippen LogP contribution in [0.1, 0.15) is 21.5 Å². The maximum atomic E-state index is 12.0. The van der Waals surface area contributed by atoms with Gasteiger partial charge in [-0.3, -0.25) is 5.32 Å². The van der Waals surface area contributed by atoms with Gasteiger partial charge in [0.05, 0.1) is 18.4 Å². The number of anilines is 1. The molecule has 2 N–H and O–H groups in total. The smallest absolute Gasteiger partial charge is 0.412 e. The molecule has 0 saturated heterocycles. The molecule has 6 heteroatoms. The van der Waals surface area contributed by atoms with Gasteiger partial charge in [-0.15, -0.1) is 0 Å². The van der Waals surface area contributed by atoms with Crippen LogP contribution in [-0.2, 0) is 11.3 Å². The Bertz CT molecular complexity index is 712. The van der Waals surface area contributed by atoms with Gasteiger partial charge in [0.1, 0.15) is 12.4 Å². The van der Waals surface area contributed by atoms with E-state index in [1.807, 2.05) is 30.3 Å². The summed E-state index contributed by atoms with van der Waals surface area (Å²) in [6, 6.07) is 12.2. The number of methoxy groups -OCH3 is 1.